The van der Waals surface area contributed by atoms with E-state index in [9.17, 15) is 40.5 Å². The van der Waals surface area contributed by atoms with Crippen molar-refractivity contribution < 1.29 is 59.5 Å². The molecule has 2 aliphatic heterocycles. The average Bonchev–Trinajstić information content (AvgIpc) is 3.66. The summed E-state index contributed by atoms with van der Waals surface area (Å²) in [7, 11) is 0. The Kier molecular flexibility index (Phi) is 8.48. The lowest BCUT2D eigenvalue weighted by atomic mass is 9.44. The van der Waals surface area contributed by atoms with Gasteiger partial charge >= 0.3 is 5.97 Å². The first-order chi connectivity index (χ1) is 23.1. The van der Waals surface area contributed by atoms with Crippen LogP contribution in [0.2, 0.25) is 0 Å². The molecule has 0 amide bonds. The summed E-state index contributed by atoms with van der Waals surface area (Å²) in [6.45, 7) is 14.6. The van der Waals surface area contributed by atoms with Crippen LogP contribution in [0.3, 0.4) is 0 Å². The van der Waals surface area contributed by atoms with Crippen LogP contribution in [0.4, 0.5) is 0 Å². The van der Waals surface area contributed by atoms with Crippen molar-refractivity contribution in [3.05, 3.63) is 11.6 Å². The zero-order valence-electron chi connectivity index (χ0n) is 30.8. The van der Waals surface area contributed by atoms with Crippen LogP contribution in [0.15, 0.2) is 11.6 Å². The zero-order chi connectivity index (χ0) is 36.8. The summed E-state index contributed by atoms with van der Waals surface area (Å²) in [4.78, 5) is 12.1. The summed E-state index contributed by atoms with van der Waals surface area (Å²) >= 11 is 0. The first-order valence-electron chi connectivity index (χ1n) is 18.7. The van der Waals surface area contributed by atoms with Gasteiger partial charge < -0.3 is 54.7 Å². The number of allylic oxidation sites excluding steroid dienone is 1. The van der Waals surface area contributed by atoms with E-state index >= 15 is 0 Å². The maximum absolute atomic E-state index is 12.6. The molecule has 6 fully saturated rings. The quantitative estimate of drug-likeness (QED) is 0.157. The average molecular weight is 709 g/mol. The van der Waals surface area contributed by atoms with Gasteiger partial charge in [0.25, 0.3) is 0 Å². The maximum Gasteiger partial charge on any atom is 0.303 e. The van der Waals surface area contributed by atoms with Crippen molar-refractivity contribution in [3.8, 4) is 0 Å². The molecule has 4 saturated carbocycles. The molecule has 2 spiro atoms. The monoisotopic (exact) mass is 708 g/mol. The Labute approximate surface area is 295 Å². The molecule has 17 atom stereocenters. The number of esters is 1. The van der Waals surface area contributed by atoms with Crippen molar-refractivity contribution in [1.29, 1.82) is 0 Å². The summed E-state index contributed by atoms with van der Waals surface area (Å²) in [5, 5.41) is 77.2. The molecule has 12 nitrogen and oxygen atoms in total. The Morgan fingerprint density at radius 1 is 1.06 bits per heavy atom. The van der Waals surface area contributed by atoms with Crippen LogP contribution in [0, 0.1) is 44.8 Å². The smallest absolute Gasteiger partial charge is 0.303 e. The second-order valence-electron chi connectivity index (χ2n) is 18.8. The number of carbonyl (C=O) groups excluding carboxylic acids is 1. The molecule has 5 aliphatic carbocycles. The van der Waals surface area contributed by atoms with E-state index < -0.39 is 89.7 Å². The molecule has 0 aromatic heterocycles. The van der Waals surface area contributed by atoms with E-state index in [-0.39, 0.29) is 34.2 Å². The van der Waals surface area contributed by atoms with Crippen LogP contribution >= 0.6 is 0 Å². The van der Waals surface area contributed by atoms with Gasteiger partial charge in [-0.3, -0.25) is 4.79 Å². The number of fused-ring (bicyclic) bond motifs is 4. The number of aliphatic hydroxyl groups is 7. The van der Waals surface area contributed by atoms with Gasteiger partial charge in [-0.05, 0) is 92.3 Å². The van der Waals surface area contributed by atoms with Crippen LogP contribution in [0.1, 0.15) is 100 Å². The Balaban J connectivity index is 1.19. The van der Waals surface area contributed by atoms with E-state index in [0.717, 1.165) is 32.1 Å². The highest BCUT2D eigenvalue weighted by Crippen LogP contribution is 2.88. The lowest BCUT2D eigenvalue weighted by Gasteiger charge is -2.60. The van der Waals surface area contributed by atoms with Gasteiger partial charge in [-0.2, -0.15) is 0 Å². The van der Waals surface area contributed by atoms with Gasteiger partial charge in [0, 0.05) is 18.3 Å². The third-order valence-corrected chi connectivity index (χ3v) is 15.6. The molecule has 50 heavy (non-hydrogen) atoms. The van der Waals surface area contributed by atoms with Crippen molar-refractivity contribution in [2.24, 2.45) is 44.8 Å². The van der Waals surface area contributed by atoms with Crippen LogP contribution in [-0.2, 0) is 23.7 Å². The van der Waals surface area contributed by atoms with E-state index in [2.05, 4.69) is 40.7 Å². The summed E-state index contributed by atoms with van der Waals surface area (Å²) in [5.41, 5.74) is -2.08. The van der Waals surface area contributed by atoms with E-state index in [0.29, 0.717) is 12.8 Å². The summed E-state index contributed by atoms with van der Waals surface area (Å²) < 4.78 is 24.3. The minimum Gasteiger partial charge on any atom is -0.457 e. The fourth-order valence-electron chi connectivity index (χ4n) is 13.3. The third-order valence-electron chi connectivity index (χ3n) is 15.6. The fraction of sp³-hybridized carbons (Fsp3) is 0.921. The summed E-state index contributed by atoms with van der Waals surface area (Å²) in [5.74, 6) is -2.75. The van der Waals surface area contributed by atoms with Gasteiger partial charge in [0.1, 0.15) is 36.6 Å². The van der Waals surface area contributed by atoms with Crippen molar-refractivity contribution >= 4 is 5.97 Å². The Morgan fingerprint density at radius 3 is 2.36 bits per heavy atom. The number of aliphatic hydroxyl groups excluding tert-OH is 5. The van der Waals surface area contributed by atoms with E-state index in [1.165, 1.54) is 12.5 Å². The Bertz CT molecular complexity index is 1410. The lowest BCUT2D eigenvalue weighted by Crippen LogP contribution is -2.61. The number of ether oxygens (including phenoxy) is 4. The standard InChI is InChI=1S/C38H60O12/c1-18-15-20(29(33(5,6)45)47-19(2)40)50-38(46)28(18)34(7)13-14-37-17-36(37)12-11-24(49-30-27(43)26(42)25(41)21(16-39)48-30)32(3,4)22(36)9-10-23(37)35(34,8)31(38)44/h10,18,20-22,24-31,39,41-46H,9,11-17H2,1-8H3/t18-,20-,21-,22+,24+,25+,26+,27-,28-,29-,30+,31-,34-,35-,36-,37+,38-/m1/s1. The fourth-order valence-corrected chi connectivity index (χ4v) is 13.3. The number of carbonyl (C=O) groups is 1. The number of hydrogen-bond donors (Lipinski definition) is 7. The van der Waals surface area contributed by atoms with Gasteiger partial charge in [-0.1, -0.05) is 46.3 Å². The predicted molar refractivity (Wildman–Crippen MR) is 178 cm³/mol. The Hall–Kier alpha value is -1.19. The molecule has 7 rings (SSSR count). The van der Waals surface area contributed by atoms with E-state index in [1.807, 2.05) is 0 Å². The third kappa shape index (κ3) is 4.62. The van der Waals surface area contributed by atoms with Crippen molar-refractivity contribution in [1.82, 2.24) is 0 Å². The highest BCUT2D eigenvalue weighted by Gasteiger charge is 2.85. The van der Waals surface area contributed by atoms with E-state index in [1.54, 1.807) is 13.8 Å². The molecule has 2 heterocycles. The molecule has 0 unspecified atom stereocenters. The van der Waals surface area contributed by atoms with Gasteiger partial charge in [0.2, 0.25) is 0 Å². The van der Waals surface area contributed by atoms with Crippen LogP contribution in [0.5, 0.6) is 0 Å². The molecular formula is C38H60O12. The lowest BCUT2D eigenvalue weighted by molar-refractivity contribution is -0.341. The van der Waals surface area contributed by atoms with Gasteiger partial charge in [-0.25, -0.2) is 0 Å². The molecule has 2 saturated heterocycles. The van der Waals surface area contributed by atoms with Crippen LogP contribution in [0.25, 0.3) is 0 Å². The molecule has 0 bridgehead atoms. The Morgan fingerprint density at radius 2 is 1.74 bits per heavy atom. The first-order valence-corrected chi connectivity index (χ1v) is 18.7. The van der Waals surface area contributed by atoms with Crippen LogP contribution in [-0.4, -0.2) is 115 Å². The zero-order valence-corrected chi connectivity index (χ0v) is 30.8. The molecule has 284 valence electrons. The minimum atomic E-state index is -1.92. The maximum atomic E-state index is 12.6. The molecule has 7 aliphatic rings. The van der Waals surface area contributed by atoms with Gasteiger partial charge in [-0.15, -0.1) is 0 Å². The second kappa shape index (κ2) is 11.4. The minimum absolute atomic E-state index is 0.0351. The first kappa shape index (κ1) is 37.1. The van der Waals surface area contributed by atoms with Gasteiger partial charge in [0.15, 0.2) is 18.2 Å². The largest absolute Gasteiger partial charge is 0.457 e. The van der Waals surface area contributed by atoms with E-state index in [4.69, 9.17) is 18.9 Å². The van der Waals surface area contributed by atoms with Crippen LogP contribution < -0.4 is 0 Å². The number of hydrogen-bond acceptors (Lipinski definition) is 12. The molecule has 7 N–H and O–H groups in total. The molecule has 0 aromatic rings. The van der Waals surface area contributed by atoms with Crippen molar-refractivity contribution in [2.45, 2.75) is 167 Å². The van der Waals surface area contributed by atoms with Gasteiger partial charge in [0.05, 0.1) is 18.3 Å². The van der Waals surface area contributed by atoms with Crippen molar-refractivity contribution in [3.63, 3.8) is 0 Å². The summed E-state index contributed by atoms with van der Waals surface area (Å²) in [6.07, 6.45) is -2.32. The molecule has 0 aromatic carbocycles. The molecule has 12 heteroatoms. The normalized spacial score (nSPS) is 54.2. The summed E-state index contributed by atoms with van der Waals surface area (Å²) in [6, 6.07) is 0. The predicted octanol–water partition coefficient (Wildman–Crippen LogP) is 1.93. The highest BCUT2D eigenvalue weighted by molar-refractivity contribution is 5.66. The topological polar surface area (TPSA) is 196 Å². The van der Waals surface area contributed by atoms with Crippen molar-refractivity contribution in [2.75, 3.05) is 6.61 Å². The molecular weight excluding hydrogens is 648 g/mol. The highest BCUT2D eigenvalue weighted by atomic mass is 16.7. The number of rotatable bonds is 6. The second-order valence-corrected chi connectivity index (χ2v) is 18.8. The molecule has 0 radical (unpaired) electrons. The SMILES string of the molecule is CC(=O)O[C@H]([C@H]1C[C@@H](C)[C@H]2[C@@](O)(O1)[C@H](O)[C@@]1(C)C3=CC[C@H]4C(C)(C)[C@@H](O[C@@H]5O[C@H](CO)[C@H](O)[C@H](O)[C@H]5O)CC[C@@]45C[C@@]35CC[C@]21C)C(C)(C)O.